The van der Waals surface area contributed by atoms with E-state index in [2.05, 4.69) is 17.1 Å². The number of aliphatic hydroxyl groups is 1. The van der Waals surface area contributed by atoms with Crippen LogP contribution in [0.1, 0.15) is 51.1 Å². The van der Waals surface area contributed by atoms with Gasteiger partial charge in [0.25, 0.3) is 0 Å². The Morgan fingerprint density at radius 3 is 2.70 bits per heavy atom. The van der Waals surface area contributed by atoms with E-state index in [1.807, 2.05) is 44.3 Å². The zero-order valence-corrected chi connectivity index (χ0v) is 14.3. The van der Waals surface area contributed by atoms with Gasteiger partial charge in [-0.2, -0.15) is 16.7 Å². The maximum atomic E-state index is 10.1. The minimum atomic E-state index is -0.467. The van der Waals surface area contributed by atoms with E-state index in [0.717, 1.165) is 18.0 Å². The molecule has 6 heteroatoms. The summed E-state index contributed by atoms with van der Waals surface area (Å²) in [5.74, 6) is 3.69. The molecule has 20 heavy (non-hydrogen) atoms. The van der Waals surface area contributed by atoms with Crippen LogP contribution in [0.2, 0.25) is 0 Å². The Kier molecular flexibility index (Phi) is 5.42. The Balaban J connectivity index is 2.04. The van der Waals surface area contributed by atoms with Crippen LogP contribution in [0, 0.1) is 5.41 Å². The average Bonchev–Trinajstić information content (AvgIpc) is 2.86. The molecule has 3 atom stereocenters. The number of thioether (sulfide) groups is 2. The van der Waals surface area contributed by atoms with Gasteiger partial charge in [-0.05, 0) is 11.8 Å². The highest BCUT2D eigenvalue weighted by atomic mass is 32.2. The van der Waals surface area contributed by atoms with Crippen LogP contribution in [0.3, 0.4) is 0 Å². The summed E-state index contributed by atoms with van der Waals surface area (Å²) >= 11 is 3.92. The maximum Gasteiger partial charge on any atom is 0.229 e. The van der Waals surface area contributed by atoms with Crippen LogP contribution in [-0.2, 0) is 6.42 Å². The van der Waals surface area contributed by atoms with Crippen molar-refractivity contribution in [3.8, 4) is 0 Å². The van der Waals surface area contributed by atoms with Crippen molar-refractivity contribution in [2.24, 2.45) is 5.41 Å². The molecule has 0 spiro atoms. The lowest BCUT2D eigenvalue weighted by molar-refractivity contribution is 0.0565. The Hall–Kier alpha value is -0.200. The van der Waals surface area contributed by atoms with Gasteiger partial charge in [0.05, 0.1) is 17.8 Å². The molecule has 3 unspecified atom stereocenters. The highest BCUT2D eigenvalue weighted by Crippen LogP contribution is 2.42. The van der Waals surface area contributed by atoms with Crippen molar-refractivity contribution in [2.75, 3.05) is 11.5 Å². The van der Waals surface area contributed by atoms with Gasteiger partial charge in [-0.1, -0.05) is 32.9 Å². The van der Waals surface area contributed by atoms with Gasteiger partial charge < -0.3 is 9.63 Å². The molecule has 0 aromatic carbocycles. The zero-order valence-electron chi connectivity index (χ0n) is 12.6. The second-order valence-corrected chi connectivity index (χ2v) is 8.84. The number of nitrogens with zero attached hydrogens (tertiary/aromatic N) is 2. The van der Waals surface area contributed by atoms with Gasteiger partial charge in [-0.15, -0.1) is 11.8 Å². The summed E-state index contributed by atoms with van der Waals surface area (Å²) in [4.78, 5) is 4.51. The Bertz CT molecular complexity index is 431. The first kappa shape index (κ1) is 16.2. The monoisotopic (exact) mass is 316 g/mol. The van der Waals surface area contributed by atoms with Crippen LogP contribution >= 0.6 is 23.5 Å². The molecule has 114 valence electrons. The Morgan fingerprint density at radius 2 is 2.05 bits per heavy atom. The molecule has 1 N–H and O–H groups in total. The minimum Gasteiger partial charge on any atom is -0.392 e. The van der Waals surface area contributed by atoms with Crippen molar-refractivity contribution in [3.05, 3.63) is 11.7 Å². The number of rotatable bonds is 4. The molecule has 4 nitrogen and oxygen atoms in total. The first-order valence-corrected chi connectivity index (χ1v) is 9.25. The van der Waals surface area contributed by atoms with Crippen molar-refractivity contribution >= 4 is 23.5 Å². The van der Waals surface area contributed by atoms with E-state index in [-0.39, 0.29) is 5.41 Å². The fraction of sp³-hybridized carbons (Fsp3) is 0.857. The molecule has 1 aromatic heterocycles. The molecule has 2 heterocycles. The van der Waals surface area contributed by atoms with Gasteiger partial charge in [0.15, 0.2) is 5.82 Å². The lowest BCUT2D eigenvalue weighted by Gasteiger charge is -2.27. The quantitative estimate of drug-likeness (QED) is 0.919. The molecule has 0 bridgehead atoms. The standard InChI is InChI=1S/C14H24N2O2S2/c1-5-9-12(20-7-6-19-9)13-15-11(18-16-13)8-10(17)14(2,3)4/h9-10,12,17H,5-8H2,1-4H3. The van der Waals surface area contributed by atoms with E-state index in [9.17, 15) is 5.11 Å². The van der Waals surface area contributed by atoms with Gasteiger partial charge in [0.2, 0.25) is 5.89 Å². The van der Waals surface area contributed by atoms with Gasteiger partial charge in [-0.25, -0.2) is 0 Å². The highest BCUT2D eigenvalue weighted by Gasteiger charge is 2.31. The molecule has 0 saturated carbocycles. The summed E-state index contributed by atoms with van der Waals surface area (Å²) < 4.78 is 5.33. The van der Waals surface area contributed by atoms with E-state index in [1.165, 1.54) is 5.75 Å². The van der Waals surface area contributed by atoms with Gasteiger partial charge in [0, 0.05) is 16.8 Å². The van der Waals surface area contributed by atoms with Crippen molar-refractivity contribution in [3.63, 3.8) is 0 Å². The third kappa shape index (κ3) is 3.92. The number of aromatic nitrogens is 2. The summed E-state index contributed by atoms with van der Waals surface area (Å²) in [6.07, 6.45) is 1.08. The first-order chi connectivity index (χ1) is 9.41. The predicted molar refractivity (Wildman–Crippen MR) is 85.2 cm³/mol. The van der Waals surface area contributed by atoms with Gasteiger partial charge in [-0.3, -0.25) is 0 Å². The van der Waals surface area contributed by atoms with Gasteiger partial charge >= 0.3 is 0 Å². The fourth-order valence-electron chi connectivity index (χ4n) is 2.08. The molecule has 0 aliphatic carbocycles. The number of aliphatic hydroxyl groups excluding tert-OH is 1. The maximum absolute atomic E-state index is 10.1. The summed E-state index contributed by atoms with van der Waals surface area (Å²) in [5.41, 5.74) is -0.171. The SMILES string of the molecule is CCC1SCCSC1c1noc(CC(O)C(C)(C)C)n1. The minimum absolute atomic E-state index is 0.171. The van der Waals surface area contributed by atoms with Crippen molar-refractivity contribution in [2.45, 2.75) is 57.1 Å². The molecule has 2 rings (SSSR count). The van der Waals surface area contributed by atoms with Crippen molar-refractivity contribution in [1.29, 1.82) is 0 Å². The number of hydrogen-bond acceptors (Lipinski definition) is 6. The van der Waals surface area contributed by atoms with Crippen LogP contribution in [0.25, 0.3) is 0 Å². The smallest absolute Gasteiger partial charge is 0.229 e. The third-order valence-electron chi connectivity index (χ3n) is 3.56. The van der Waals surface area contributed by atoms with E-state index < -0.39 is 6.10 Å². The van der Waals surface area contributed by atoms with E-state index >= 15 is 0 Å². The van der Waals surface area contributed by atoms with Crippen LogP contribution in [0.4, 0.5) is 0 Å². The lowest BCUT2D eigenvalue weighted by atomic mass is 9.87. The number of hydrogen-bond donors (Lipinski definition) is 1. The average molecular weight is 316 g/mol. The molecule has 0 radical (unpaired) electrons. The first-order valence-electron chi connectivity index (χ1n) is 7.15. The molecular formula is C14H24N2O2S2. The van der Waals surface area contributed by atoms with Crippen molar-refractivity contribution < 1.29 is 9.63 Å². The summed E-state index contributed by atoms with van der Waals surface area (Å²) in [6, 6.07) is 0. The predicted octanol–water partition coefficient (Wildman–Crippen LogP) is 3.32. The molecule has 0 amide bonds. The van der Waals surface area contributed by atoms with Crippen LogP contribution in [-0.4, -0.2) is 38.1 Å². The molecule has 1 fully saturated rings. The molecule has 1 aliphatic rings. The van der Waals surface area contributed by atoms with Crippen molar-refractivity contribution in [1.82, 2.24) is 10.1 Å². The van der Waals surface area contributed by atoms with Crippen LogP contribution in [0.5, 0.6) is 0 Å². The lowest BCUT2D eigenvalue weighted by Crippen LogP contribution is -2.28. The normalized spacial score (nSPS) is 25.6. The van der Waals surface area contributed by atoms with E-state index in [1.54, 1.807) is 0 Å². The summed E-state index contributed by atoms with van der Waals surface area (Å²) in [7, 11) is 0. The Labute approximate surface area is 129 Å². The fourth-order valence-corrected chi connectivity index (χ4v) is 5.06. The van der Waals surface area contributed by atoms with Crippen LogP contribution in [0.15, 0.2) is 4.52 Å². The Morgan fingerprint density at radius 1 is 1.35 bits per heavy atom. The molecule has 1 aromatic rings. The largest absolute Gasteiger partial charge is 0.392 e. The topological polar surface area (TPSA) is 59.2 Å². The van der Waals surface area contributed by atoms with Gasteiger partial charge in [0.1, 0.15) is 0 Å². The summed E-state index contributed by atoms with van der Waals surface area (Å²) in [6.45, 7) is 8.24. The van der Waals surface area contributed by atoms with E-state index in [0.29, 0.717) is 22.8 Å². The second-order valence-electron chi connectivity index (χ2n) is 6.24. The molecular weight excluding hydrogens is 292 g/mol. The second kappa shape index (κ2) is 6.71. The molecule has 1 aliphatic heterocycles. The summed E-state index contributed by atoms with van der Waals surface area (Å²) in [5, 5.41) is 15.1. The highest BCUT2D eigenvalue weighted by molar-refractivity contribution is 8.06. The third-order valence-corrected chi connectivity index (χ3v) is 6.80. The molecule has 1 saturated heterocycles. The van der Waals surface area contributed by atoms with Crippen LogP contribution < -0.4 is 0 Å². The zero-order chi connectivity index (χ0) is 14.8. The van der Waals surface area contributed by atoms with E-state index in [4.69, 9.17) is 4.52 Å².